The minimum atomic E-state index is 0.187. The van der Waals surface area contributed by atoms with Gasteiger partial charge in [-0.3, -0.25) is 14.7 Å². The second kappa shape index (κ2) is 6.41. The van der Waals surface area contributed by atoms with Gasteiger partial charge < -0.3 is 4.90 Å². The smallest absolute Gasteiger partial charge is 0.254 e. The molecule has 0 aliphatic carbocycles. The van der Waals surface area contributed by atoms with Gasteiger partial charge in [0.1, 0.15) is 0 Å². The summed E-state index contributed by atoms with van der Waals surface area (Å²) in [5.41, 5.74) is 4.93. The van der Waals surface area contributed by atoms with Gasteiger partial charge in [-0.2, -0.15) is 0 Å². The maximum absolute atomic E-state index is 13.5. The Morgan fingerprint density at radius 2 is 1.92 bits per heavy atom. The van der Waals surface area contributed by atoms with E-state index in [0.717, 1.165) is 53.8 Å². The Morgan fingerprint density at radius 1 is 1.12 bits per heavy atom. The predicted octanol–water partition coefficient (Wildman–Crippen LogP) is 3.47. The predicted molar refractivity (Wildman–Crippen MR) is 101 cm³/mol. The third kappa shape index (κ3) is 2.93. The summed E-state index contributed by atoms with van der Waals surface area (Å²) in [4.78, 5) is 22.9. The summed E-state index contributed by atoms with van der Waals surface area (Å²) in [6.45, 7) is 10.2. The number of aromatic nitrogens is 1. The molecule has 2 aliphatic rings. The molecule has 132 valence electrons. The molecule has 0 unspecified atom stereocenters. The first kappa shape index (κ1) is 16.5. The number of carbonyl (C=O) groups is 1. The van der Waals surface area contributed by atoms with E-state index in [4.69, 9.17) is 4.98 Å². The first-order chi connectivity index (χ1) is 12.0. The molecule has 2 fully saturated rings. The Bertz CT molecular complexity index is 829. The number of pyridine rings is 1. The molecule has 2 aromatic rings. The van der Waals surface area contributed by atoms with Crippen molar-refractivity contribution in [1.29, 1.82) is 0 Å². The Labute approximate surface area is 149 Å². The van der Waals surface area contributed by atoms with E-state index in [-0.39, 0.29) is 5.91 Å². The van der Waals surface area contributed by atoms with Gasteiger partial charge in [-0.1, -0.05) is 11.6 Å². The van der Waals surface area contributed by atoms with Crippen LogP contribution in [0.3, 0.4) is 0 Å². The van der Waals surface area contributed by atoms with Crippen molar-refractivity contribution < 1.29 is 4.79 Å². The van der Waals surface area contributed by atoms with Crippen molar-refractivity contribution in [1.82, 2.24) is 14.8 Å². The molecule has 0 saturated carbocycles. The second-order valence-corrected chi connectivity index (χ2v) is 7.65. The van der Waals surface area contributed by atoms with Crippen LogP contribution in [-0.2, 0) is 0 Å². The Hall–Kier alpha value is -1.94. The highest BCUT2D eigenvalue weighted by Crippen LogP contribution is 2.28. The van der Waals surface area contributed by atoms with E-state index in [0.29, 0.717) is 6.04 Å². The molecule has 0 N–H and O–H groups in total. The maximum atomic E-state index is 13.5. The highest BCUT2D eigenvalue weighted by atomic mass is 16.2. The van der Waals surface area contributed by atoms with Crippen LogP contribution in [0.1, 0.15) is 46.4 Å². The van der Waals surface area contributed by atoms with Gasteiger partial charge >= 0.3 is 0 Å². The van der Waals surface area contributed by atoms with E-state index in [1.54, 1.807) is 0 Å². The molecule has 2 saturated heterocycles. The molecule has 4 nitrogen and oxygen atoms in total. The van der Waals surface area contributed by atoms with Crippen LogP contribution in [0.5, 0.6) is 0 Å². The summed E-state index contributed by atoms with van der Waals surface area (Å²) >= 11 is 0. The van der Waals surface area contributed by atoms with Crippen LogP contribution in [0.2, 0.25) is 0 Å². The fourth-order valence-corrected chi connectivity index (χ4v) is 4.42. The molecule has 4 rings (SSSR count). The molecular weight excluding hydrogens is 310 g/mol. The monoisotopic (exact) mass is 337 g/mol. The average Bonchev–Trinajstić information content (AvgIpc) is 2.93. The standard InChI is InChI=1S/C21H27N3O/c1-14-7-8-19-18(12-14)20(15(2)16(3)22-19)21(25)24-11-5-10-23-9-4-6-17(23)13-24/h7-8,12,17H,4-6,9-11,13H2,1-3H3/t17-/m0/s1. The van der Waals surface area contributed by atoms with E-state index >= 15 is 0 Å². The lowest BCUT2D eigenvalue weighted by molar-refractivity contribution is 0.0744. The van der Waals surface area contributed by atoms with Crippen LogP contribution in [0, 0.1) is 20.8 Å². The van der Waals surface area contributed by atoms with Crippen LogP contribution in [0.25, 0.3) is 10.9 Å². The normalized spacial score (nSPS) is 21.4. The topological polar surface area (TPSA) is 36.4 Å². The molecule has 0 spiro atoms. The molecule has 1 atom stereocenters. The maximum Gasteiger partial charge on any atom is 0.254 e. The fourth-order valence-electron chi connectivity index (χ4n) is 4.42. The fraction of sp³-hybridized carbons (Fsp3) is 0.524. The molecule has 0 bridgehead atoms. The third-order valence-electron chi connectivity index (χ3n) is 5.93. The summed E-state index contributed by atoms with van der Waals surface area (Å²) in [7, 11) is 0. The molecule has 25 heavy (non-hydrogen) atoms. The molecule has 0 radical (unpaired) electrons. The summed E-state index contributed by atoms with van der Waals surface area (Å²) in [5.74, 6) is 0.187. The van der Waals surface area contributed by atoms with Gasteiger partial charge in [-0.15, -0.1) is 0 Å². The van der Waals surface area contributed by atoms with E-state index in [2.05, 4.69) is 28.9 Å². The molecule has 1 amide bonds. The molecule has 4 heteroatoms. The Balaban J connectivity index is 1.76. The molecule has 1 aromatic carbocycles. The van der Waals surface area contributed by atoms with Gasteiger partial charge in [0.25, 0.3) is 5.91 Å². The number of hydrogen-bond donors (Lipinski definition) is 0. The second-order valence-electron chi connectivity index (χ2n) is 7.65. The van der Waals surface area contributed by atoms with Crippen molar-refractivity contribution in [2.75, 3.05) is 26.2 Å². The third-order valence-corrected chi connectivity index (χ3v) is 5.93. The van der Waals surface area contributed by atoms with E-state index < -0.39 is 0 Å². The van der Waals surface area contributed by atoms with Gasteiger partial charge in [0.05, 0.1) is 11.1 Å². The van der Waals surface area contributed by atoms with Crippen molar-refractivity contribution in [3.63, 3.8) is 0 Å². The van der Waals surface area contributed by atoms with E-state index in [1.807, 2.05) is 19.9 Å². The zero-order valence-electron chi connectivity index (χ0n) is 15.5. The first-order valence-electron chi connectivity index (χ1n) is 9.45. The number of aryl methyl sites for hydroxylation is 2. The number of hydrogen-bond acceptors (Lipinski definition) is 3. The highest BCUT2D eigenvalue weighted by Gasteiger charge is 2.32. The Kier molecular flexibility index (Phi) is 4.24. The van der Waals surface area contributed by atoms with Crippen LogP contribution < -0.4 is 0 Å². The van der Waals surface area contributed by atoms with Gasteiger partial charge in [-0.25, -0.2) is 0 Å². The lowest BCUT2D eigenvalue weighted by Crippen LogP contribution is -2.40. The summed E-state index contributed by atoms with van der Waals surface area (Å²) in [6.07, 6.45) is 3.56. The van der Waals surface area contributed by atoms with E-state index in [9.17, 15) is 4.79 Å². The number of nitrogens with zero attached hydrogens (tertiary/aromatic N) is 3. The minimum Gasteiger partial charge on any atom is -0.337 e. The summed E-state index contributed by atoms with van der Waals surface area (Å²) in [6, 6.07) is 6.76. The first-order valence-corrected chi connectivity index (χ1v) is 9.45. The van der Waals surface area contributed by atoms with Gasteiger partial charge in [0.15, 0.2) is 0 Å². The minimum absolute atomic E-state index is 0.187. The van der Waals surface area contributed by atoms with Gasteiger partial charge in [-0.05, 0) is 64.3 Å². The van der Waals surface area contributed by atoms with Crippen molar-refractivity contribution in [2.45, 2.75) is 46.1 Å². The van der Waals surface area contributed by atoms with Crippen molar-refractivity contribution in [2.24, 2.45) is 0 Å². The zero-order chi connectivity index (χ0) is 17.6. The number of fused-ring (bicyclic) bond motifs is 2. The lowest BCUT2D eigenvalue weighted by Gasteiger charge is -2.27. The zero-order valence-corrected chi connectivity index (χ0v) is 15.5. The average molecular weight is 337 g/mol. The SMILES string of the molecule is Cc1ccc2nc(C)c(C)c(C(=O)N3CCCN4CCC[C@H]4C3)c2c1. The highest BCUT2D eigenvalue weighted by molar-refractivity contribution is 6.07. The molecular formula is C21H27N3O. The molecule has 1 aromatic heterocycles. The van der Waals surface area contributed by atoms with Crippen LogP contribution >= 0.6 is 0 Å². The summed E-state index contributed by atoms with van der Waals surface area (Å²) in [5, 5.41) is 1.00. The van der Waals surface area contributed by atoms with Crippen LogP contribution in [0.4, 0.5) is 0 Å². The summed E-state index contributed by atoms with van der Waals surface area (Å²) < 4.78 is 0. The van der Waals surface area contributed by atoms with Crippen molar-refractivity contribution in [3.8, 4) is 0 Å². The quantitative estimate of drug-likeness (QED) is 0.799. The lowest BCUT2D eigenvalue weighted by atomic mass is 9.99. The Morgan fingerprint density at radius 3 is 2.76 bits per heavy atom. The molecule has 2 aliphatic heterocycles. The van der Waals surface area contributed by atoms with E-state index in [1.165, 1.54) is 24.9 Å². The van der Waals surface area contributed by atoms with Gasteiger partial charge in [0, 0.05) is 36.8 Å². The van der Waals surface area contributed by atoms with Crippen LogP contribution in [-0.4, -0.2) is 52.9 Å². The van der Waals surface area contributed by atoms with Gasteiger partial charge in [0.2, 0.25) is 0 Å². The van der Waals surface area contributed by atoms with Crippen molar-refractivity contribution in [3.05, 3.63) is 40.6 Å². The van der Waals surface area contributed by atoms with Crippen molar-refractivity contribution >= 4 is 16.8 Å². The number of rotatable bonds is 1. The number of benzene rings is 1. The number of carbonyl (C=O) groups excluding carboxylic acids is 1. The molecule has 3 heterocycles. The van der Waals surface area contributed by atoms with Crippen LogP contribution in [0.15, 0.2) is 18.2 Å². The number of amides is 1. The largest absolute Gasteiger partial charge is 0.337 e.